The molecule has 2 N–H and O–H groups in total. The van der Waals surface area contributed by atoms with E-state index in [9.17, 15) is 4.79 Å². The Hall–Kier alpha value is -3.06. The van der Waals surface area contributed by atoms with Gasteiger partial charge in [0.05, 0.1) is 0 Å². The van der Waals surface area contributed by atoms with Crippen LogP contribution in [0, 0.1) is 0 Å². The number of nitrogens with two attached hydrogens (primary N) is 1. The molecule has 0 radical (unpaired) electrons. The molecule has 1 aromatic heterocycles. The molecule has 1 aliphatic rings. The molecule has 7 nitrogen and oxygen atoms in total. The molecule has 0 unspecified atom stereocenters. The molecule has 1 amide bonds. The van der Waals surface area contributed by atoms with E-state index in [0.717, 1.165) is 29.8 Å². The van der Waals surface area contributed by atoms with Crippen molar-refractivity contribution in [2.24, 2.45) is 0 Å². The first-order valence-electron chi connectivity index (χ1n) is 9.39. The standard InChI is InChI=1S/C21H22N4O3.ClH/c1-2-20-23-19(24-28-20)13-27-15-10-8-14(9-11-15)21(26)25-12-4-5-16-17(22)6-3-7-18(16)25;/h3,6-11H,2,4-5,12-13,22H2,1H3;1H. The summed E-state index contributed by atoms with van der Waals surface area (Å²) in [6.07, 6.45) is 2.49. The van der Waals surface area contributed by atoms with Crippen molar-refractivity contribution in [1.29, 1.82) is 0 Å². The predicted octanol–water partition coefficient (Wildman–Crippen LogP) is 3.81. The number of benzene rings is 2. The van der Waals surface area contributed by atoms with Crippen molar-refractivity contribution < 1.29 is 14.1 Å². The van der Waals surface area contributed by atoms with Crippen molar-refractivity contribution in [2.45, 2.75) is 32.8 Å². The van der Waals surface area contributed by atoms with Gasteiger partial charge in [0.2, 0.25) is 11.7 Å². The van der Waals surface area contributed by atoms with Crippen LogP contribution in [-0.4, -0.2) is 22.6 Å². The SMILES string of the molecule is CCc1nc(COc2ccc(C(=O)N3CCCc4c(N)cccc43)cc2)no1.Cl. The lowest BCUT2D eigenvalue weighted by atomic mass is 9.99. The molecule has 0 bridgehead atoms. The van der Waals surface area contributed by atoms with Gasteiger partial charge >= 0.3 is 0 Å². The number of hydrogen-bond acceptors (Lipinski definition) is 6. The molecule has 8 heteroatoms. The Labute approximate surface area is 175 Å². The fraction of sp³-hybridized carbons (Fsp3) is 0.286. The summed E-state index contributed by atoms with van der Waals surface area (Å²) in [4.78, 5) is 19.0. The molecule has 1 aliphatic heterocycles. The lowest BCUT2D eigenvalue weighted by Crippen LogP contribution is -2.35. The van der Waals surface area contributed by atoms with Gasteiger partial charge in [-0.15, -0.1) is 12.4 Å². The van der Waals surface area contributed by atoms with E-state index in [4.69, 9.17) is 15.0 Å². The Balaban J connectivity index is 0.00000240. The van der Waals surface area contributed by atoms with E-state index < -0.39 is 0 Å². The summed E-state index contributed by atoms with van der Waals surface area (Å²) >= 11 is 0. The molecular weight excluding hydrogens is 392 g/mol. The van der Waals surface area contributed by atoms with Gasteiger partial charge in [0.15, 0.2) is 6.61 Å². The summed E-state index contributed by atoms with van der Waals surface area (Å²) in [6, 6.07) is 12.8. The van der Waals surface area contributed by atoms with E-state index in [-0.39, 0.29) is 24.9 Å². The van der Waals surface area contributed by atoms with Crippen molar-refractivity contribution in [2.75, 3.05) is 17.2 Å². The van der Waals surface area contributed by atoms with Crippen molar-refractivity contribution in [1.82, 2.24) is 10.1 Å². The number of carbonyl (C=O) groups excluding carboxylic acids is 1. The average Bonchev–Trinajstić information content (AvgIpc) is 3.20. The largest absolute Gasteiger partial charge is 0.485 e. The number of carbonyl (C=O) groups is 1. The Bertz CT molecular complexity index is 988. The number of ether oxygens (including phenoxy) is 1. The lowest BCUT2D eigenvalue weighted by Gasteiger charge is -2.30. The third kappa shape index (κ3) is 4.35. The first-order chi connectivity index (χ1) is 13.7. The van der Waals surface area contributed by atoms with Gasteiger partial charge in [-0.2, -0.15) is 4.98 Å². The molecule has 0 saturated heterocycles. The molecule has 0 fully saturated rings. The minimum atomic E-state index is -0.0381. The van der Waals surface area contributed by atoms with E-state index in [1.165, 1.54) is 0 Å². The van der Waals surface area contributed by atoms with Crippen LogP contribution in [-0.2, 0) is 19.4 Å². The second-order valence-corrected chi connectivity index (χ2v) is 6.68. The van der Waals surface area contributed by atoms with E-state index in [1.807, 2.05) is 25.1 Å². The molecule has 0 spiro atoms. The predicted molar refractivity (Wildman–Crippen MR) is 113 cm³/mol. The smallest absolute Gasteiger partial charge is 0.258 e. The Morgan fingerprint density at radius 2 is 2.03 bits per heavy atom. The molecule has 29 heavy (non-hydrogen) atoms. The van der Waals surface area contributed by atoms with E-state index in [0.29, 0.717) is 36.0 Å². The van der Waals surface area contributed by atoms with Crippen molar-refractivity contribution >= 4 is 29.7 Å². The number of aryl methyl sites for hydroxylation is 1. The summed E-state index contributed by atoms with van der Waals surface area (Å²) in [5.41, 5.74) is 9.38. The molecule has 2 aromatic carbocycles. The van der Waals surface area contributed by atoms with Crippen LogP contribution in [0.15, 0.2) is 47.0 Å². The number of hydrogen-bond donors (Lipinski definition) is 1. The van der Waals surface area contributed by atoms with Crippen molar-refractivity contribution in [3.05, 3.63) is 65.3 Å². The first kappa shape index (κ1) is 20.7. The molecule has 0 saturated carbocycles. The molecule has 2 heterocycles. The van der Waals surface area contributed by atoms with Crippen LogP contribution >= 0.6 is 12.4 Å². The second kappa shape index (κ2) is 8.96. The molecule has 0 atom stereocenters. The Kier molecular flexibility index (Phi) is 6.39. The number of fused-ring (bicyclic) bond motifs is 1. The van der Waals surface area contributed by atoms with Gasteiger partial charge < -0.3 is 19.9 Å². The highest BCUT2D eigenvalue weighted by Crippen LogP contribution is 2.32. The van der Waals surface area contributed by atoms with Crippen LogP contribution in [0.25, 0.3) is 0 Å². The van der Waals surface area contributed by atoms with Gasteiger partial charge in [-0.25, -0.2) is 0 Å². The number of amides is 1. The number of nitrogens with zero attached hydrogens (tertiary/aromatic N) is 3. The minimum absolute atomic E-state index is 0. The number of aromatic nitrogens is 2. The maximum absolute atomic E-state index is 13.0. The summed E-state index contributed by atoms with van der Waals surface area (Å²) in [6.45, 7) is 2.85. The molecule has 3 aromatic rings. The average molecular weight is 415 g/mol. The number of anilines is 2. The topological polar surface area (TPSA) is 94.5 Å². The fourth-order valence-electron chi connectivity index (χ4n) is 3.35. The van der Waals surface area contributed by atoms with Crippen LogP contribution in [0.5, 0.6) is 5.75 Å². The molecule has 152 valence electrons. The van der Waals surface area contributed by atoms with Crippen LogP contribution in [0.2, 0.25) is 0 Å². The number of rotatable bonds is 5. The summed E-state index contributed by atoms with van der Waals surface area (Å²) in [5, 5.41) is 3.86. The zero-order valence-corrected chi connectivity index (χ0v) is 16.9. The highest BCUT2D eigenvalue weighted by molar-refractivity contribution is 6.07. The lowest BCUT2D eigenvalue weighted by molar-refractivity contribution is 0.0985. The highest BCUT2D eigenvalue weighted by Gasteiger charge is 2.24. The van der Waals surface area contributed by atoms with Crippen LogP contribution in [0.1, 0.15) is 41.0 Å². The molecule has 0 aliphatic carbocycles. The monoisotopic (exact) mass is 414 g/mol. The van der Waals surface area contributed by atoms with E-state index >= 15 is 0 Å². The first-order valence-corrected chi connectivity index (χ1v) is 9.39. The van der Waals surface area contributed by atoms with Gasteiger partial charge in [-0.3, -0.25) is 4.79 Å². The zero-order valence-electron chi connectivity index (χ0n) is 16.1. The molecule has 4 rings (SSSR count). The number of halogens is 1. The summed E-state index contributed by atoms with van der Waals surface area (Å²) < 4.78 is 10.7. The van der Waals surface area contributed by atoms with Crippen molar-refractivity contribution in [3.8, 4) is 5.75 Å². The normalized spacial score (nSPS) is 12.8. The van der Waals surface area contributed by atoms with Gasteiger partial charge in [-0.05, 0) is 54.8 Å². The van der Waals surface area contributed by atoms with Crippen LogP contribution in [0.3, 0.4) is 0 Å². The maximum atomic E-state index is 13.0. The van der Waals surface area contributed by atoms with Gasteiger partial charge in [0.1, 0.15) is 5.75 Å². The van der Waals surface area contributed by atoms with Gasteiger partial charge in [0.25, 0.3) is 5.91 Å². The molecular formula is C21H23ClN4O3. The van der Waals surface area contributed by atoms with Gasteiger partial charge in [0, 0.05) is 29.9 Å². The minimum Gasteiger partial charge on any atom is -0.485 e. The van der Waals surface area contributed by atoms with E-state index in [1.54, 1.807) is 29.2 Å². The fourth-order valence-corrected chi connectivity index (χ4v) is 3.35. The highest BCUT2D eigenvalue weighted by atomic mass is 35.5. The number of nitrogen functional groups attached to an aromatic ring is 1. The maximum Gasteiger partial charge on any atom is 0.258 e. The Morgan fingerprint density at radius 3 is 2.76 bits per heavy atom. The van der Waals surface area contributed by atoms with Crippen LogP contribution in [0.4, 0.5) is 11.4 Å². The Morgan fingerprint density at radius 1 is 1.24 bits per heavy atom. The zero-order chi connectivity index (χ0) is 19.5. The summed E-state index contributed by atoms with van der Waals surface area (Å²) in [5.74, 6) is 1.69. The van der Waals surface area contributed by atoms with Crippen molar-refractivity contribution in [3.63, 3.8) is 0 Å². The third-order valence-electron chi connectivity index (χ3n) is 4.81. The third-order valence-corrected chi connectivity index (χ3v) is 4.81. The summed E-state index contributed by atoms with van der Waals surface area (Å²) in [7, 11) is 0. The van der Waals surface area contributed by atoms with Crippen LogP contribution < -0.4 is 15.4 Å². The quantitative estimate of drug-likeness (QED) is 0.638. The second-order valence-electron chi connectivity index (χ2n) is 6.68. The van der Waals surface area contributed by atoms with Gasteiger partial charge in [-0.1, -0.05) is 18.1 Å². The van der Waals surface area contributed by atoms with E-state index in [2.05, 4.69) is 10.1 Å².